The maximum atomic E-state index is 12.9. The first-order valence-corrected chi connectivity index (χ1v) is 14.3. The molecule has 200 valence electrons. The first-order chi connectivity index (χ1) is 18.5. The number of alkyl halides is 2. The van der Waals surface area contributed by atoms with E-state index < -0.39 is 6.43 Å². The summed E-state index contributed by atoms with van der Waals surface area (Å²) in [6, 6.07) is 13.0. The SMILES string of the molecule is CC.Cc1cccc(N(Cc2ccc(C3=NN=C(C(F)F)C3)cn2)SC2CCN(C3CB(C#N)C3)CC2)c1. The molecule has 6 nitrogen and oxygen atoms in total. The van der Waals surface area contributed by atoms with Gasteiger partial charge in [0.25, 0.3) is 13.1 Å². The minimum Gasteiger partial charge on any atom is -0.310 e. The zero-order valence-corrected chi connectivity index (χ0v) is 23.2. The molecule has 4 heterocycles. The van der Waals surface area contributed by atoms with Crippen molar-refractivity contribution >= 4 is 35.8 Å². The molecule has 10 heteroatoms. The van der Waals surface area contributed by atoms with Crippen LogP contribution in [0, 0.1) is 18.2 Å². The highest BCUT2D eigenvalue weighted by molar-refractivity contribution is 8.01. The number of anilines is 1. The van der Waals surface area contributed by atoms with Gasteiger partial charge in [-0.15, -0.1) is 0 Å². The summed E-state index contributed by atoms with van der Waals surface area (Å²) in [7, 11) is 0. The summed E-state index contributed by atoms with van der Waals surface area (Å²) in [4.78, 5) is 7.20. The largest absolute Gasteiger partial charge is 0.310 e. The Morgan fingerprint density at radius 3 is 2.53 bits per heavy atom. The highest BCUT2D eigenvalue weighted by Crippen LogP contribution is 2.35. The monoisotopic (exact) mass is 536 g/mol. The molecule has 0 spiro atoms. The summed E-state index contributed by atoms with van der Waals surface area (Å²) >= 11 is 1.89. The molecule has 2 saturated heterocycles. The van der Waals surface area contributed by atoms with Crippen molar-refractivity contribution < 1.29 is 8.78 Å². The Kier molecular flexibility index (Phi) is 9.92. The summed E-state index contributed by atoms with van der Waals surface area (Å²) in [5.41, 5.74) is 4.35. The minimum absolute atomic E-state index is 0.0701. The van der Waals surface area contributed by atoms with Crippen LogP contribution in [0.3, 0.4) is 0 Å². The predicted molar refractivity (Wildman–Crippen MR) is 154 cm³/mol. The van der Waals surface area contributed by atoms with E-state index in [0.29, 0.717) is 23.5 Å². The lowest BCUT2D eigenvalue weighted by atomic mass is 9.34. The Hall–Kier alpha value is -2.77. The molecule has 0 amide bonds. The number of piperidine rings is 1. The second-order valence-corrected chi connectivity index (χ2v) is 11.1. The molecule has 2 aromatic rings. The summed E-state index contributed by atoms with van der Waals surface area (Å²) in [5.74, 6) is 2.39. The average Bonchev–Trinajstić information content (AvgIpc) is 3.41. The fraction of sp³-hybridized carbons (Fsp3) is 0.500. The number of rotatable bonds is 8. The van der Waals surface area contributed by atoms with Crippen LogP contribution in [0.5, 0.6) is 0 Å². The molecule has 5 rings (SSSR count). The number of pyridine rings is 1. The van der Waals surface area contributed by atoms with Crippen LogP contribution in [0.15, 0.2) is 52.8 Å². The molecule has 3 aliphatic rings. The standard InChI is InChI=1S/C26H29BF2N6S.C2H6/c1-18-3-2-4-21(11-18)35(36-23-7-9-34(10-8-23)22-13-27(14-22)17-30)16-20-6-5-19(15-31-20)24-12-25(26(28)29)33-32-24;1-2/h2-6,11,15,22-23,26H,7-10,12-14,16H2,1H3;1-2H3. The molecule has 0 unspecified atom stereocenters. The zero-order valence-electron chi connectivity index (χ0n) is 22.4. The number of hydrogen-bond donors (Lipinski definition) is 0. The van der Waals surface area contributed by atoms with Crippen LogP contribution in [0.2, 0.25) is 12.6 Å². The van der Waals surface area contributed by atoms with Gasteiger partial charge in [-0.2, -0.15) is 10.2 Å². The lowest BCUT2D eigenvalue weighted by molar-refractivity contribution is 0.176. The molecule has 0 saturated carbocycles. The molecule has 0 atom stereocenters. The Balaban J connectivity index is 0.00000164. The molecule has 1 aromatic carbocycles. The summed E-state index contributed by atoms with van der Waals surface area (Å²) in [5, 5.41) is 17.1. The van der Waals surface area contributed by atoms with Gasteiger partial charge in [0.2, 0.25) is 0 Å². The van der Waals surface area contributed by atoms with Gasteiger partial charge >= 0.3 is 0 Å². The normalized spacial score (nSPS) is 18.3. The molecule has 0 aliphatic carbocycles. The van der Waals surface area contributed by atoms with Gasteiger partial charge in [-0.25, -0.2) is 14.0 Å². The third-order valence-electron chi connectivity index (χ3n) is 7.22. The molecule has 3 aliphatic heterocycles. The number of benzene rings is 1. The van der Waals surface area contributed by atoms with E-state index in [0.717, 1.165) is 55.5 Å². The Morgan fingerprint density at radius 2 is 1.92 bits per heavy atom. The predicted octanol–water partition coefficient (Wildman–Crippen LogP) is 6.29. The average molecular weight is 537 g/mol. The fourth-order valence-electron chi connectivity index (χ4n) is 4.97. The number of halogens is 2. The van der Waals surface area contributed by atoms with Crippen molar-refractivity contribution in [2.75, 3.05) is 17.4 Å². The molecule has 0 N–H and O–H groups in total. The molecule has 1 aromatic heterocycles. The number of hydrogen-bond acceptors (Lipinski definition) is 7. The van der Waals surface area contributed by atoms with Gasteiger partial charge < -0.3 is 9.21 Å². The van der Waals surface area contributed by atoms with Gasteiger partial charge in [-0.1, -0.05) is 26.0 Å². The van der Waals surface area contributed by atoms with Crippen molar-refractivity contribution in [2.24, 2.45) is 10.2 Å². The molecule has 2 fully saturated rings. The number of likely N-dealkylation sites (tertiary alicyclic amines) is 1. The highest BCUT2D eigenvalue weighted by Gasteiger charge is 2.38. The smallest absolute Gasteiger partial charge is 0.278 e. The van der Waals surface area contributed by atoms with E-state index in [2.05, 4.69) is 61.5 Å². The van der Waals surface area contributed by atoms with E-state index in [9.17, 15) is 8.78 Å². The van der Waals surface area contributed by atoms with E-state index in [1.165, 1.54) is 5.56 Å². The van der Waals surface area contributed by atoms with E-state index in [1.54, 1.807) is 6.20 Å². The second kappa shape index (κ2) is 13.3. The van der Waals surface area contributed by atoms with Crippen molar-refractivity contribution in [3.63, 3.8) is 0 Å². The quantitative estimate of drug-likeness (QED) is 0.293. The van der Waals surface area contributed by atoms with Crippen LogP contribution in [-0.2, 0) is 6.54 Å². The van der Waals surface area contributed by atoms with Gasteiger partial charge in [0, 0.05) is 35.1 Å². The third-order valence-corrected chi connectivity index (χ3v) is 8.58. The van der Waals surface area contributed by atoms with Gasteiger partial charge in [-0.3, -0.25) is 4.98 Å². The Bertz CT molecular complexity index is 1170. The second-order valence-electron chi connectivity index (χ2n) is 9.82. The lowest BCUT2D eigenvalue weighted by Gasteiger charge is -2.43. The van der Waals surface area contributed by atoms with Crippen molar-refractivity contribution in [3.05, 3.63) is 59.4 Å². The van der Waals surface area contributed by atoms with Crippen LogP contribution in [0.4, 0.5) is 14.5 Å². The number of nitrogens with zero attached hydrogens (tertiary/aromatic N) is 6. The molecule has 38 heavy (non-hydrogen) atoms. The first kappa shape index (κ1) is 28.2. The van der Waals surface area contributed by atoms with Gasteiger partial charge in [0.05, 0.1) is 18.0 Å². The fourth-order valence-corrected chi connectivity index (χ4v) is 6.20. The summed E-state index contributed by atoms with van der Waals surface area (Å²) in [6.07, 6.45) is 3.50. The Labute approximate surface area is 229 Å². The molecular weight excluding hydrogens is 501 g/mol. The number of aromatic nitrogens is 1. The van der Waals surface area contributed by atoms with Gasteiger partial charge in [0.15, 0.2) is 0 Å². The van der Waals surface area contributed by atoms with E-state index >= 15 is 0 Å². The third kappa shape index (κ3) is 7.00. The van der Waals surface area contributed by atoms with Crippen LogP contribution >= 0.6 is 11.9 Å². The van der Waals surface area contributed by atoms with Crippen molar-refractivity contribution in [1.82, 2.24) is 9.88 Å². The maximum absolute atomic E-state index is 12.9. The van der Waals surface area contributed by atoms with Crippen LogP contribution in [0.1, 0.15) is 49.9 Å². The number of aryl methyl sites for hydroxylation is 1. The van der Waals surface area contributed by atoms with Crippen molar-refractivity contribution in [1.29, 1.82) is 5.26 Å². The summed E-state index contributed by atoms with van der Waals surface area (Å²) in [6.45, 7) is 9.16. The summed E-state index contributed by atoms with van der Waals surface area (Å²) < 4.78 is 28.1. The zero-order chi connectivity index (χ0) is 27.1. The van der Waals surface area contributed by atoms with Crippen LogP contribution < -0.4 is 4.31 Å². The van der Waals surface area contributed by atoms with Crippen molar-refractivity contribution in [3.8, 4) is 5.97 Å². The number of nitriles is 1. The molecular formula is C28H35BF2N6S. The van der Waals surface area contributed by atoms with E-state index in [4.69, 9.17) is 5.26 Å². The van der Waals surface area contributed by atoms with Crippen LogP contribution in [0.25, 0.3) is 0 Å². The topological polar surface area (TPSA) is 67.9 Å². The van der Waals surface area contributed by atoms with Crippen molar-refractivity contribution in [2.45, 2.75) is 76.9 Å². The van der Waals surface area contributed by atoms with Crippen LogP contribution in [-0.4, -0.2) is 58.8 Å². The molecule has 0 bridgehead atoms. The minimum atomic E-state index is -2.58. The highest BCUT2D eigenvalue weighted by atomic mass is 32.2. The van der Waals surface area contributed by atoms with E-state index in [-0.39, 0.29) is 18.8 Å². The molecule has 0 radical (unpaired) electrons. The van der Waals surface area contributed by atoms with Gasteiger partial charge in [-0.05, 0) is 93.3 Å². The lowest BCUT2D eigenvalue weighted by Crippen LogP contribution is -2.51. The first-order valence-electron chi connectivity index (χ1n) is 13.5. The Morgan fingerprint density at radius 1 is 1.16 bits per heavy atom. The maximum Gasteiger partial charge on any atom is 0.278 e. The van der Waals surface area contributed by atoms with E-state index in [1.807, 2.05) is 37.9 Å². The van der Waals surface area contributed by atoms with Gasteiger partial charge in [0.1, 0.15) is 5.71 Å².